The molecule has 0 radical (unpaired) electrons. The summed E-state index contributed by atoms with van der Waals surface area (Å²) in [4.78, 5) is 0. The lowest BCUT2D eigenvalue weighted by Crippen LogP contribution is -2.41. The predicted octanol–water partition coefficient (Wildman–Crippen LogP) is 8.14. The van der Waals surface area contributed by atoms with Crippen LogP contribution in [0.15, 0.2) is 115 Å². The number of benzene rings is 6. The second kappa shape index (κ2) is 9.93. The van der Waals surface area contributed by atoms with Gasteiger partial charge in [0.05, 0.1) is 16.7 Å². The predicted molar refractivity (Wildman–Crippen MR) is 193 cm³/mol. The average molecular weight is 598 g/mol. The molecule has 6 aromatic carbocycles. The number of rotatable bonds is 3. The van der Waals surface area contributed by atoms with Crippen molar-refractivity contribution in [3.63, 3.8) is 0 Å². The molecule has 1 atom stereocenters. The van der Waals surface area contributed by atoms with Gasteiger partial charge in [-0.05, 0) is 102 Å². The number of hydrogen-bond donors (Lipinski definition) is 0. The second-order valence-electron chi connectivity index (χ2n) is 13.9. The van der Waals surface area contributed by atoms with Gasteiger partial charge in [0.2, 0.25) is 0 Å². The lowest BCUT2D eigenvalue weighted by molar-refractivity contribution is 0.00578. The zero-order chi connectivity index (χ0) is 31.2. The Morgan fingerprint density at radius 3 is 2.02 bits per heavy atom. The summed E-state index contributed by atoms with van der Waals surface area (Å²) in [5.41, 5.74) is 4.06. The molecule has 0 N–H and O–H groups in total. The summed E-state index contributed by atoms with van der Waals surface area (Å²) in [5, 5.41) is 11.4. The Kier molecular flexibility index (Phi) is 5.97. The Balaban J connectivity index is 1.25. The third kappa shape index (κ3) is 4.00. The van der Waals surface area contributed by atoms with E-state index in [4.69, 9.17) is 9.31 Å². The van der Waals surface area contributed by atoms with E-state index >= 15 is 0 Å². The quantitative estimate of drug-likeness (QED) is 0.152. The molecule has 2 aliphatic rings. The third-order valence-corrected chi connectivity index (χ3v) is 10.8. The Morgan fingerprint density at radius 2 is 1.26 bits per heavy atom. The van der Waals surface area contributed by atoms with Crippen LogP contribution >= 0.6 is 0 Å². The van der Waals surface area contributed by atoms with Crippen molar-refractivity contribution in [3.8, 4) is 5.69 Å². The third-order valence-electron chi connectivity index (χ3n) is 10.8. The summed E-state index contributed by atoms with van der Waals surface area (Å²) in [6.07, 6.45) is 5.88. The van der Waals surface area contributed by atoms with Crippen LogP contribution in [0.25, 0.3) is 61.1 Å². The van der Waals surface area contributed by atoms with E-state index in [-0.39, 0.29) is 5.92 Å². The zero-order valence-electron chi connectivity index (χ0n) is 26.7. The van der Waals surface area contributed by atoms with Crippen LogP contribution in [0.5, 0.6) is 0 Å². The first kappa shape index (κ1) is 27.7. The van der Waals surface area contributed by atoms with E-state index in [0.29, 0.717) is 0 Å². The molecular weight excluding hydrogens is 561 g/mol. The summed E-state index contributed by atoms with van der Waals surface area (Å²) in [6, 6.07) is 42.0. The van der Waals surface area contributed by atoms with E-state index in [1.165, 1.54) is 65.0 Å². The Labute approximate surface area is 269 Å². The number of nitrogens with zero attached hydrogens (tertiary/aromatic N) is 1. The first-order valence-corrected chi connectivity index (χ1v) is 16.4. The molecule has 2 heterocycles. The van der Waals surface area contributed by atoms with Crippen LogP contribution in [0.3, 0.4) is 0 Å². The lowest BCUT2D eigenvalue weighted by atomic mass is 9.74. The van der Waals surface area contributed by atoms with E-state index in [0.717, 1.165) is 11.9 Å². The molecule has 0 saturated carbocycles. The minimum atomic E-state index is -0.431. The molecule has 46 heavy (non-hydrogen) atoms. The number of fused-ring (bicyclic) bond motifs is 9. The van der Waals surface area contributed by atoms with Crippen LogP contribution in [0, 0.1) is 0 Å². The van der Waals surface area contributed by atoms with Crippen molar-refractivity contribution < 1.29 is 9.31 Å². The van der Waals surface area contributed by atoms with Gasteiger partial charge in [-0.15, -0.1) is 0 Å². The van der Waals surface area contributed by atoms with Gasteiger partial charge >= 0.3 is 7.12 Å². The van der Waals surface area contributed by atoms with Crippen molar-refractivity contribution in [2.75, 3.05) is 0 Å². The summed E-state index contributed by atoms with van der Waals surface area (Å²) >= 11 is 0. The maximum atomic E-state index is 6.61. The Bertz CT molecular complexity index is 2460. The molecule has 3 nitrogen and oxygen atoms in total. The smallest absolute Gasteiger partial charge is 0.399 e. The van der Waals surface area contributed by atoms with E-state index in [1.807, 2.05) is 0 Å². The van der Waals surface area contributed by atoms with Gasteiger partial charge in [0, 0.05) is 27.6 Å². The van der Waals surface area contributed by atoms with Gasteiger partial charge in [0.25, 0.3) is 0 Å². The lowest BCUT2D eigenvalue weighted by Gasteiger charge is -2.32. The summed E-state index contributed by atoms with van der Waals surface area (Å²) < 4.78 is 15.6. The van der Waals surface area contributed by atoms with Crippen molar-refractivity contribution >= 4 is 68.0 Å². The average Bonchev–Trinajstić information content (AvgIpc) is 3.53. The van der Waals surface area contributed by atoms with Crippen LogP contribution in [0.4, 0.5) is 0 Å². The van der Waals surface area contributed by atoms with Crippen molar-refractivity contribution in [1.29, 1.82) is 0 Å². The highest BCUT2D eigenvalue weighted by Gasteiger charge is 2.52. The van der Waals surface area contributed by atoms with E-state index in [1.54, 1.807) is 0 Å². The van der Waals surface area contributed by atoms with Crippen LogP contribution in [0.1, 0.15) is 45.6 Å². The highest BCUT2D eigenvalue weighted by molar-refractivity contribution is 6.66. The fourth-order valence-corrected chi connectivity index (χ4v) is 7.70. The molecule has 1 saturated heterocycles. The van der Waals surface area contributed by atoms with E-state index < -0.39 is 18.3 Å². The summed E-state index contributed by atoms with van der Waals surface area (Å²) in [5.74, 6) is 0.278. The normalized spacial score (nSPS) is 18.6. The molecular formula is C42H36BNO2. The fourth-order valence-electron chi connectivity index (χ4n) is 7.70. The fraction of sp³-hybridized carbons (Fsp3) is 0.190. The minimum Gasteiger partial charge on any atom is -0.399 e. The number of para-hydroxylation sites is 2. The van der Waals surface area contributed by atoms with Crippen LogP contribution < -0.4 is 16.0 Å². The Morgan fingerprint density at radius 1 is 0.630 bits per heavy atom. The zero-order valence-corrected chi connectivity index (χ0v) is 26.7. The van der Waals surface area contributed by atoms with Crippen molar-refractivity contribution in [2.45, 2.75) is 51.2 Å². The molecule has 0 amide bonds. The van der Waals surface area contributed by atoms with Crippen LogP contribution in [-0.2, 0) is 9.31 Å². The summed E-state index contributed by atoms with van der Waals surface area (Å²) in [6.45, 7) is 8.49. The molecule has 224 valence electrons. The standard InChI is InChI=1S/C42H36BNO2/c1-41(2)42(3,4)46-43(45-41)37-19-12-18-33-30-15-8-9-16-31(30)35-25-27(21-23-34(35)40(33)37)28-22-24-39-36(26-28)32-17-10-11-20-38(32)44(39)29-13-6-5-7-14-29/h5-21,23-26,28H,22H2,1-4H3/t28-/m0/s1. The number of aromatic nitrogens is 1. The van der Waals surface area contributed by atoms with Gasteiger partial charge in [-0.25, -0.2) is 0 Å². The SMILES string of the molecule is CC1(C)OB(c2cccc3c4ccccc4c4cc([C@@H]5C=c6c(n(-c7ccccc7)c7ccccc67)=CC5)ccc4c23)OC1(C)C. The summed E-state index contributed by atoms with van der Waals surface area (Å²) in [7, 11) is -0.431. The molecule has 1 fully saturated rings. The molecule has 1 aliphatic carbocycles. The van der Waals surface area contributed by atoms with Gasteiger partial charge in [0.1, 0.15) is 0 Å². The van der Waals surface area contributed by atoms with E-state index in [9.17, 15) is 0 Å². The second-order valence-corrected chi connectivity index (χ2v) is 13.9. The molecule has 1 aliphatic heterocycles. The molecule has 0 bridgehead atoms. The van der Waals surface area contributed by atoms with Crippen LogP contribution in [-0.4, -0.2) is 22.9 Å². The molecule has 1 aromatic heterocycles. The minimum absolute atomic E-state index is 0.278. The highest BCUT2D eigenvalue weighted by atomic mass is 16.7. The maximum Gasteiger partial charge on any atom is 0.495 e. The molecule has 0 spiro atoms. The molecule has 7 aromatic rings. The van der Waals surface area contributed by atoms with Gasteiger partial charge in [-0.3, -0.25) is 0 Å². The van der Waals surface area contributed by atoms with Crippen molar-refractivity contribution in [3.05, 3.63) is 131 Å². The van der Waals surface area contributed by atoms with Crippen LogP contribution in [0.2, 0.25) is 0 Å². The van der Waals surface area contributed by atoms with Crippen molar-refractivity contribution in [2.24, 2.45) is 0 Å². The largest absolute Gasteiger partial charge is 0.495 e. The Hall–Kier alpha value is -4.64. The first-order valence-electron chi connectivity index (χ1n) is 16.4. The van der Waals surface area contributed by atoms with Crippen molar-refractivity contribution in [1.82, 2.24) is 4.57 Å². The first-order chi connectivity index (χ1) is 22.3. The van der Waals surface area contributed by atoms with Gasteiger partial charge < -0.3 is 13.9 Å². The molecule has 0 unspecified atom stereocenters. The topological polar surface area (TPSA) is 23.4 Å². The van der Waals surface area contributed by atoms with Gasteiger partial charge in [-0.1, -0.05) is 103 Å². The molecule has 4 heteroatoms. The highest BCUT2D eigenvalue weighted by Crippen LogP contribution is 2.40. The molecule has 9 rings (SSSR count). The van der Waals surface area contributed by atoms with Gasteiger partial charge in [0.15, 0.2) is 0 Å². The van der Waals surface area contributed by atoms with Gasteiger partial charge in [-0.2, -0.15) is 0 Å². The maximum absolute atomic E-state index is 6.61. The number of hydrogen-bond acceptors (Lipinski definition) is 2. The monoisotopic (exact) mass is 597 g/mol. The van der Waals surface area contributed by atoms with E-state index in [2.05, 4.69) is 160 Å².